The summed E-state index contributed by atoms with van der Waals surface area (Å²) in [6.45, 7) is -0.0727. The smallest absolute Gasteiger partial charge is 0.348 e. The van der Waals surface area contributed by atoms with Gasteiger partial charge in [0, 0.05) is 17.6 Å². The molecule has 0 unspecified atom stereocenters. The van der Waals surface area contributed by atoms with Crippen LogP contribution < -0.4 is 5.32 Å². The van der Waals surface area contributed by atoms with Gasteiger partial charge in [0.2, 0.25) is 0 Å². The normalized spacial score (nSPS) is 11.2. The molecule has 0 spiro atoms. The lowest BCUT2D eigenvalue weighted by Crippen LogP contribution is -2.23. The average molecular weight is 359 g/mol. The van der Waals surface area contributed by atoms with E-state index in [1.54, 1.807) is 0 Å². The highest BCUT2D eigenvalue weighted by atomic mass is 35.5. The van der Waals surface area contributed by atoms with Crippen molar-refractivity contribution < 1.29 is 22.9 Å². The van der Waals surface area contributed by atoms with E-state index < -0.39 is 28.3 Å². The van der Waals surface area contributed by atoms with Crippen molar-refractivity contribution in [3.63, 3.8) is 0 Å². The second kappa shape index (κ2) is 6.88. The highest BCUT2D eigenvalue weighted by Crippen LogP contribution is 2.29. The number of amides is 1. The molecule has 0 bridgehead atoms. The number of benzene rings is 2. The van der Waals surface area contributed by atoms with E-state index in [1.807, 2.05) is 0 Å². The molecule has 9 heteroatoms. The maximum absolute atomic E-state index is 12.5. The lowest BCUT2D eigenvalue weighted by Gasteiger charge is -2.09. The van der Waals surface area contributed by atoms with Crippen LogP contribution >= 0.6 is 11.6 Å². The minimum atomic E-state index is -4.44. The van der Waals surface area contributed by atoms with Crippen LogP contribution in [0.3, 0.4) is 0 Å². The number of nitro groups is 1. The monoisotopic (exact) mass is 358 g/mol. The van der Waals surface area contributed by atoms with Crippen LogP contribution in [0, 0.1) is 10.1 Å². The zero-order valence-corrected chi connectivity index (χ0v) is 12.7. The number of carbonyl (C=O) groups is 1. The van der Waals surface area contributed by atoms with Gasteiger partial charge >= 0.3 is 6.18 Å². The Labute approximate surface area is 139 Å². The number of hydrogen-bond donors (Lipinski definition) is 1. The minimum absolute atomic E-state index is 0.0727. The number of nitro benzene ring substituents is 1. The number of hydrogen-bond acceptors (Lipinski definition) is 3. The summed E-state index contributed by atoms with van der Waals surface area (Å²) in [6, 6.07) is 7.83. The van der Waals surface area contributed by atoms with E-state index in [9.17, 15) is 28.1 Å². The Hall–Kier alpha value is -2.61. The molecule has 1 N–H and O–H groups in total. The predicted molar refractivity (Wildman–Crippen MR) is 80.7 cm³/mol. The summed E-state index contributed by atoms with van der Waals surface area (Å²) in [4.78, 5) is 22.2. The van der Waals surface area contributed by atoms with Crippen LogP contribution in [0.4, 0.5) is 18.9 Å². The molecule has 0 fully saturated rings. The van der Waals surface area contributed by atoms with Gasteiger partial charge in [0.05, 0.1) is 10.5 Å². The third-order valence-corrected chi connectivity index (χ3v) is 3.37. The summed E-state index contributed by atoms with van der Waals surface area (Å²) in [5.41, 5.74) is -1.01. The molecule has 0 saturated carbocycles. The van der Waals surface area contributed by atoms with E-state index in [4.69, 9.17) is 11.6 Å². The van der Waals surface area contributed by atoms with Gasteiger partial charge in [-0.1, -0.05) is 23.7 Å². The minimum Gasteiger partial charge on any atom is -0.348 e. The van der Waals surface area contributed by atoms with Crippen molar-refractivity contribution in [2.45, 2.75) is 12.7 Å². The molecule has 0 aliphatic rings. The van der Waals surface area contributed by atoms with Gasteiger partial charge in [-0.05, 0) is 29.8 Å². The zero-order valence-electron chi connectivity index (χ0n) is 11.9. The summed E-state index contributed by atoms with van der Waals surface area (Å²) in [5.74, 6) is -0.724. The summed E-state index contributed by atoms with van der Waals surface area (Å²) < 4.78 is 37.4. The van der Waals surface area contributed by atoms with Crippen molar-refractivity contribution >= 4 is 23.2 Å². The number of nitrogens with one attached hydrogen (secondary N) is 1. The van der Waals surface area contributed by atoms with Crippen molar-refractivity contribution in [2.75, 3.05) is 0 Å². The maximum atomic E-state index is 12.5. The molecule has 0 aromatic heterocycles. The lowest BCUT2D eigenvalue weighted by molar-refractivity contribution is -0.385. The average Bonchev–Trinajstić information content (AvgIpc) is 2.52. The van der Waals surface area contributed by atoms with Crippen LogP contribution in [0.15, 0.2) is 42.5 Å². The number of rotatable bonds is 4. The van der Waals surface area contributed by atoms with Crippen LogP contribution in [0.25, 0.3) is 0 Å². The number of alkyl halides is 3. The molecule has 5 nitrogen and oxygen atoms in total. The third-order valence-electron chi connectivity index (χ3n) is 3.14. The van der Waals surface area contributed by atoms with Gasteiger partial charge < -0.3 is 5.32 Å². The van der Waals surface area contributed by atoms with Gasteiger partial charge in [-0.15, -0.1) is 0 Å². The van der Waals surface area contributed by atoms with Gasteiger partial charge in [-0.25, -0.2) is 0 Å². The Balaban J connectivity index is 2.10. The fourth-order valence-corrected chi connectivity index (χ4v) is 2.10. The van der Waals surface area contributed by atoms with E-state index in [2.05, 4.69) is 5.32 Å². The highest BCUT2D eigenvalue weighted by Gasteiger charge is 2.30. The number of halogens is 4. The zero-order chi connectivity index (χ0) is 17.9. The standard InChI is InChI=1S/C15H10ClF3N2O3/c16-11-5-6-12(13(7-11)21(23)24)14(22)20-8-9-1-3-10(4-2-9)15(17,18)19/h1-7H,8H2,(H,20,22). The van der Waals surface area contributed by atoms with Gasteiger partial charge in [0.25, 0.3) is 11.6 Å². The fraction of sp³-hybridized carbons (Fsp3) is 0.133. The van der Waals surface area contributed by atoms with Crippen LogP contribution in [0.2, 0.25) is 5.02 Å². The Morgan fingerprint density at radius 3 is 2.33 bits per heavy atom. The first-order valence-corrected chi connectivity index (χ1v) is 6.94. The summed E-state index contributed by atoms with van der Waals surface area (Å²) >= 11 is 5.66. The molecular weight excluding hydrogens is 349 g/mol. The van der Waals surface area contributed by atoms with E-state index in [-0.39, 0.29) is 17.1 Å². The second-order valence-corrected chi connectivity index (χ2v) is 5.23. The molecule has 2 rings (SSSR count). The van der Waals surface area contributed by atoms with Crippen LogP contribution in [0.1, 0.15) is 21.5 Å². The molecule has 0 aliphatic carbocycles. The van der Waals surface area contributed by atoms with E-state index in [0.717, 1.165) is 18.2 Å². The molecular formula is C15H10ClF3N2O3. The predicted octanol–water partition coefficient (Wildman–Crippen LogP) is 4.20. The van der Waals surface area contributed by atoms with Crippen LogP contribution in [-0.2, 0) is 12.7 Å². The molecule has 2 aromatic rings. The lowest BCUT2D eigenvalue weighted by atomic mass is 10.1. The molecule has 0 aliphatic heterocycles. The number of carbonyl (C=O) groups excluding carboxylic acids is 1. The first kappa shape index (κ1) is 17.7. The van der Waals surface area contributed by atoms with E-state index in [1.165, 1.54) is 24.3 Å². The van der Waals surface area contributed by atoms with Crippen LogP contribution in [0.5, 0.6) is 0 Å². The van der Waals surface area contributed by atoms with E-state index in [0.29, 0.717) is 5.56 Å². The molecule has 24 heavy (non-hydrogen) atoms. The molecule has 2 aromatic carbocycles. The van der Waals surface area contributed by atoms with Crippen molar-refractivity contribution in [1.29, 1.82) is 0 Å². The Bertz CT molecular complexity index is 777. The van der Waals surface area contributed by atoms with Crippen molar-refractivity contribution in [3.05, 3.63) is 74.3 Å². The van der Waals surface area contributed by atoms with Crippen molar-refractivity contribution in [1.82, 2.24) is 5.32 Å². The largest absolute Gasteiger partial charge is 0.416 e. The fourth-order valence-electron chi connectivity index (χ4n) is 1.94. The Kier molecular flexibility index (Phi) is 5.08. The van der Waals surface area contributed by atoms with E-state index >= 15 is 0 Å². The quantitative estimate of drug-likeness (QED) is 0.657. The first-order chi connectivity index (χ1) is 11.2. The number of nitrogens with zero attached hydrogens (tertiary/aromatic N) is 1. The molecule has 0 radical (unpaired) electrons. The summed E-state index contributed by atoms with van der Waals surface area (Å²) in [6.07, 6.45) is -4.44. The molecule has 1 amide bonds. The Morgan fingerprint density at radius 1 is 1.17 bits per heavy atom. The van der Waals surface area contributed by atoms with Crippen LogP contribution in [-0.4, -0.2) is 10.8 Å². The molecule has 0 saturated heterocycles. The van der Waals surface area contributed by atoms with Crippen molar-refractivity contribution in [3.8, 4) is 0 Å². The Morgan fingerprint density at radius 2 is 1.79 bits per heavy atom. The van der Waals surface area contributed by atoms with Gasteiger partial charge in [0.15, 0.2) is 0 Å². The van der Waals surface area contributed by atoms with Gasteiger partial charge in [-0.2, -0.15) is 13.2 Å². The van der Waals surface area contributed by atoms with Crippen molar-refractivity contribution in [2.24, 2.45) is 0 Å². The molecule has 0 atom stereocenters. The maximum Gasteiger partial charge on any atom is 0.416 e. The SMILES string of the molecule is O=C(NCc1ccc(C(F)(F)F)cc1)c1ccc(Cl)cc1[N+](=O)[O-]. The molecule has 126 valence electrons. The second-order valence-electron chi connectivity index (χ2n) is 4.80. The third kappa shape index (κ3) is 4.23. The molecule has 0 heterocycles. The first-order valence-electron chi connectivity index (χ1n) is 6.57. The van der Waals surface area contributed by atoms with Gasteiger partial charge in [0.1, 0.15) is 5.56 Å². The highest BCUT2D eigenvalue weighted by molar-refractivity contribution is 6.31. The van der Waals surface area contributed by atoms with Gasteiger partial charge in [-0.3, -0.25) is 14.9 Å². The topological polar surface area (TPSA) is 72.2 Å². The summed E-state index contributed by atoms with van der Waals surface area (Å²) in [7, 11) is 0. The summed E-state index contributed by atoms with van der Waals surface area (Å²) in [5, 5.41) is 13.5.